The van der Waals surface area contributed by atoms with Crippen LogP contribution in [0.5, 0.6) is 11.5 Å². The molecule has 160 valence electrons. The first-order chi connectivity index (χ1) is 14.9. The molecule has 0 unspecified atom stereocenters. The molecular weight excluding hydrogens is 482 g/mol. The van der Waals surface area contributed by atoms with E-state index in [0.29, 0.717) is 11.5 Å². The van der Waals surface area contributed by atoms with Crippen molar-refractivity contribution < 1.29 is 19.1 Å². The number of hydrazine groups is 1. The zero-order valence-corrected chi connectivity index (χ0v) is 19.0. The Bertz CT molecular complexity index is 1120. The van der Waals surface area contributed by atoms with E-state index in [1.807, 2.05) is 55.5 Å². The van der Waals surface area contributed by atoms with Gasteiger partial charge in [0.2, 0.25) is 0 Å². The molecule has 0 atom stereocenters. The second-order valence-electron chi connectivity index (χ2n) is 6.55. The second-order valence-corrected chi connectivity index (χ2v) is 7.81. The van der Waals surface area contributed by atoms with Gasteiger partial charge in [-0.25, -0.2) is 0 Å². The summed E-state index contributed by atoms with van der Waals surface area (Å²) in [5.74, 6) is 0.227. The highest BCUT2D eigenvalue weighted by molar-refractivity contribution is 9.10. The van der Waals surface area contributed by atoms with Gasteiger partial charge in [0.25, 0.3) is 11.8 Å². The zero-order valence-electron chi connectivity index (χ0n) is 16.6. The summed E-state index contributed by atoms with van der Waals surface area (Å²) in [6, 6.07) is 18.8. The van der Waals surface area contributed by atoms with Gasteiger partial charge in [-0.2, -0.15) is 0 Å². The van der Waals surface area contributed by atoms with Crippen molar-refractivity contribution in [2.75, 3.05) is 13.2 Å². The fourth-order valence-corrected chi connectivity index (χ4v) is 3.03. The molecular formula is C22H20BrN3O4S. The van der Waals surface area contributed by atoms with Crippen LogP contribution in [0.4, 0.5) is 0 Å². The molecule has 2 amide bonds. The smallest absolute Gasteiger partial charge is 0.276 e. The van der Waals surface area contributed by atoms with Crippen molar-refractivity contribution in [3.8, 4) is 11.5 Å². The highest BCUT2D eigenvalue weighted by atomic mass is 79.9. The minimum atomic E-state index is -0.457. The van der Waals surface area contributed by atoms with E-state index in [2.05, 4.69) is 32.1 Å². The van der Waals surface area contributed by atoms with Crippen LogP contribution >= 0.6 is 28.1 Å². The zero-order chi connectivity index (χ0) is 22.2. The van der Waals surface area contributed by atoms with Crippen molar-refractivity contribution in [2.45, 2.75) is 6.92 Å². The average Bonchev–Trinajstić information content (AvgIpc) is 2.77. The third-order valence-electron chi connectivity index (χ3n) is 4.16. The monoisotopic (exact) mass is 501 g/mol. The van der Waals surface area contributed by atoms with Crippen molar-refractivity contribution in [1.82, 2.24) is 16.2 Å². The number of hydrogen-bond donors (Lipinski definition) is 3. The molecule has 3 aromatic rings. The third-order valence-corrected chi connectivity index (χ3v) is 5.25. The van der Waals surface area contributed by atoms with Crippen LogP contribution in [-0.4, -0.2) is 30.1 Å². The van der Waals surface area contributed by atoms with Gasteiger partial charge >= 0.3 is 0 Å². The SMILES string of the molecule is Cc1cc(OCC(=O)NNC(=S)NC(=O)COc2ccc3ccccc3c2)ccc1Br. The summed E-state index contributed by atoms with van der Waals surface area (Å²) in [7, 11) is 0. The molecule has 0 spiro atoms. The Kier molecular flexibility index (Phi) is 7.80. The maximum Gasteiger partial charge on any atom is 0.276 e. The molecule has 0 bridgehead atoms. The quantitative estimate of drug-likeness (QED) is 0.354. The first-order valence-corrected chi connectivity index (χ1v) is 10.5. The molecule has 9 heteroatoms. The van der Waals surface area contributed by atoms with Gasteiger partial charge in [0.1, 0.15) is 11.5 Å². The van der Waals surface area contributed by atoms with Crippen molar-refractivity contribution in [3.63, 3.8) is 0 Å². The Morgan fingerprint density at radius 3 is 2.26 bits per heavy atom. The highest BCUT2D eigenvalue weighted by Gasteiger charge is 2.08. The predicted molar refractivity (Wildman–Crippen MR) is 126 cm³/mol. The van der Waals surface area contributed by atoms with E-state index < -0.39 is 11.8 Å². The number of fused-ring (bicyclic) bond motifs is 1. The van der Waals surface area contributed by atoms with E-state index in [0.717, 1.165) is 20.8 Å². The number of carbonyl (C=O) groups is 2. The minimum absolute atomic E-state index is 0.0556. The van der Waals surface area contributed by atoms with E-state index in [9.17, 15) is 9.59 Å². The Labute approximate surface area is 193 Å². The van der Waals surface area contributed by atoms with Gasteiger partial charge < -0.3 is 9.47 Å². The van der Waals surface area contributed by atoms with Gasteiger partial charge in [-0.15, -0.1) is 0 Å². The Hall–Kier alpha value is -3.17. The lowest BCUT2D eigenvalue weighted by Crippen LogP contribution is -2.50. The van der Waals surface area contributed by atoms with Crippen LogP contribution in [0.15, 0.2) is 65.1 Å². The van der Waals surface area contributed by atoms with Gasteiger partial charge in [-0.1, -0.05) is 46.3 Å². The van der Waals surface area contributed by atoms with Crippen LogP contribution in [0.3, 0.4) is 0 Å². The average molecular weight is 502 g/mol. The molecule has 0 radical (unpaired) electrons. The lowest BCUT2D eigenvalue weighted by atomic mass is 10.1. The Morgan fingerprint density at radius 2 is 1.52 bits per heavy atom. The summed E-state index contributed by atoms with van der Waals surface area (Å²) in [4.78, 5) is 23.9. The standard InChI is InChI=1S/C22H20BrN3O4S/c1-14-10-17(8-9-19(14)23)30-13-21(28)25-26-22(31)24-20(27)12-29-18-7-6-15-4-2-3-5-16(15)11-18/h2-11H,12-13H2,1H3,(H,25,28)(H2,24,26,27,31). The van der Waals surface area contributed by atoms with Gasteiger partial charge in [-0.05, 0) is 65.8 Å². The minimum Gasteiger partial charge on any atom is -0.484 e. The number of benzene rings is 3. The van der Waals surface area contributed by atoms with Crippen LogP contribution in [-0.2, 0) is 9.59 Å². The summed E-state index contributed by atoms with van der Waals surface area (Å²) in [5.41, 5.74) is 5.80. The Balaban J connectivity index is 1.36. The third kappa shape index (κ3) is 6.94. The van der Waals surface area contributed by atoms with Gasteiger partial charge in [0.15, 0.2) is 18.3 Å². The highest BCUT2D eigenvalue weighted by Crippen LogP contribution is 2.21. The summed E-state index contributed by atoms with van der Waals surface area (Å²) < 4.78 is 11.9. The molecule has 0 saturated heterocycles. The van der Waals surface area contributed by atoms with Crippen LogP contribution in [0.1, 0.15) is 5.56 Å². The molecule has 0 saturated carbocycles. The largest absolute Gasteiger partial charge is 0.484 e. The fourth-order valence-electron chi connectivity index (χ4n) is 2.62. The summed E-state index contributed by atoms with van der Waals surface area (Å²) in [6.07, 6.45) is 0. The van der Waals surface area contributed by atoms with Crippen molar-refractivity contribution in [1.29, 1.82) is 0 Å². The number of thiocarbonyl (C=S) groups is 1. The molecule has 3 N–H and O–H groups in total. The van der Waals surface area contributed by atoms with Crippen LogP contribution in [0.2, 0.25) is 0 Å². The van der Waals surface area contributed by atoms with Gasteiger partial charge in [0, 0.05) is 4.47 Å². The number of hydrogen-bond acceptors (Lipinski definition) is 5. The number of nitrogens with one attached hydrogen (secondary N) is 3. The molecule has 0 fully saturated rings. The van der Waals surface area contributed by atoms with E-state index >= 15 is 0 Å². The molecule has 31 heavy (non-hydrogen) atoms. The molecule has 0 heterocycles. The molecule has 3 aromatic carbocycles. The number of rotatable bonds is 6. The normalized spacial score (nSPS) is 10.3. The molecule has 7 nitrogen and oxygen atoms in total. The summed E-state index contributed by atoms with van der Waals surface area (Å²) >= 11 is 8.39. The van der Waals surface area contributed by atoms with Crippen molar-refractivity contribution in [2.24, 2.45) is 0 Å². The molecule has 0 aliphatic carbocycles. The Morgan fingerprint density at radius 1 is 0.871 bits per heavy atom. The second kappa shape index (κ2) is 10.7. The maximum atomic E-state index is 12.0. The molecule has 0 aliphatic rings. The first-order valence-electron chi connectivity index (χ1n) is 9.30. The number of carbonyl (C=O) groups excluding carboxylic acids is 2. The maximum absolute atomic E-state index is 12.0. The fraction of sp³-hybridized carbons (Fsp3) is 0.136. The summed E-state index contributed by atoms with van der Waals surface area (Å²) in [6.45, 7) is 1.49. The van der Waals surface area contributed by atoms with E-state index in [4.69, 9.17) is 21.7 Å². The van der Waals surface area contributed by atoms with Gasteiger partial charge in [0.05, 0.1) is 0 Å². The number of halogens is 1. The lowest BCUT2D eigenvalue weighted by molar-refractivity contribution is -0.124. The molecule has 0 aromatic heterocycles. The summed E-state index contributed by atoms with van der Waals surface area (Å²) in [5, 5.41) is 4.47. The number of aryl methyl sites for hydroxylation is 1. The van der Waals surface area contributed by atoms with Gasteiger partial charge in [-0.3, -0.25) is 25.8 Å². The van der Waals surface area contributed by atoms with Crippen molar-refractivity contribution >= 4 is 55.8 Å². The molecule has 0 aliphatic heterocycles. The number of ether oxygens (including phenoxy) is 2. The van der Waals surface area contributed by atoms with E-state index in [1.54, 1.807) is 12.1 Å². The molecule has 3 rings (SSSR count). The van der Waals surface area contributed by atoms with E-state index in [1.165, 1.54) is 0 Å². The van der Waals surface area contributed by atoms with Crippen LogP contribution in [0.25, 0.3) is 10.8 Å². The predicted octanol–water partition coefficient (Wildman–Crippen LogP) is 3.39. The lowest BCUT2D eigenvalue weighted by Gasteiger charge is -2.12. The van der Waals surface area contributed by atoms with Crippen molar-refractivity contribution in [3.05, 3.63) is 70.7 Å². The van der Waals surface area contributed by atoms with Crippen LogP contribution < -0.4 is 25.6 Å². The topological polar surface area (TPSA) is 88.7 Å². The van der Waals surface area contributed by atoms with Crippen LogP contribution in [0, 0.1) is 6.92 Å². The first kappa shape index (κ1) is 22.5. The van der Waals surface area contributed by atoms with E-state index in [-0.39, 0.29) is 18.3 Å². The number of amides is 2.